The Hall–Kier alpha value is -2.56. The van der Waals surface area contributed by atoms with E-state index in [0.717, 1.165) is 46.4 Å². The first kappa shape index (κ1) is 17.5. The molecular weight excluding hydrogens is 391 g/mol. The van der Waals surface area contributed by atoms with Crippen LogP contribution in [0.25, 0.3) is 6.08 Å². The molecule has 28 heavy (non-hydrogen) atoms. The molecule has 3 aromatic rings. The molecule has 6 heteroatoms. The van der Waals surface area contributed by atoms with E-state index in [1.165, 1.54) is 16.8 Å². The topological polar surface area (TPSA) is 42.7 Å². The molecule has 1 aliphatic heterocycles. The van der Waals surface area contributed by atoms with Crippen molar-refractivity contribution < 1.29 is 0 Å². The van der Waals surface area contributed by atoms with Crippen molar-refractivity contribution >= 4 is 35.2 Å². The van der Waals surface area contributed by atoms with Crippen molar-refractivity contribution in [2.24, 2.45) is 0 Å². The number of aromatic nitrogens is 3. The molecule has 2 aliphatic rings. The van der Waals surface area contributed by atoms with Gasteiger partial charge in [-0.15, -0.1) is 0 Å². The Morgan fingerprint density at radius 1 is 0.964 bits per heavy atom. The molecule has 0 radical (unpaired) electrons. The Bertz CT molecular complexity index is 1080. The van der Waals surface area contributed by atoms with Crippen LogP contribution in [-0.2, 0) is 0 Å². The summed E-state index contributed by atoms with van der Waals surface area (Å²) >= 11 is 12.2. The lowest BCUT2D eigenvalue weighted by atomic mass is 9.83. The maximum absolute atomic E-state index is 6.11. The number of anilines is 1. The van der Waals surface area contributed by atoms with E-state index in [4.69, 9.17) is 23.2 Å². The third-order valence-electron chi connectivity index (χ3n) is 5.32. The average Bonchev–Trinajstić information content (AvgIpc) is 3.17. The molecule has 0 saturated heterocycles. The monoisotopic (exact) mass is 408 g/mol. The van der Waals surface area contributed by atoms with Crippen molar-refractivity contribution in [2.75, 3.05) is 5.32 Å². The van der Waals surface area contributed by atoms with E-state index in [1.54, 1.807) is 6.33 Å². The Morgan fingerprint density at radius 3 is 2.43 bits per heavy atom. The van der Waals surface area contributed by atoms with Crippen molar-refractivity contribution in [1.29, 1.82) is 0 Å². The fourth-order valence-electron chi connectivity index (χ4n) is 4.04. The maximum atomic E-state index is 6.11. The molecule has 1 aromatic heterocycles. The van der Waals surface area contributed by atoms with Gasteiger partial charge in [0.1, 0.15) is 12.4 Å². The largest absolute Gasteiger partial charge is 0.324 e. The first-order valence-electron chi connectivity index (χ1n) is 9.30. The second-order valence-corrected chi connectivity index (χ2v) is 7.96. The number of nitrogens with one attached hydrogen (secondary N) is 1. The number of hydrogen-bond donors (Lipinski definition) is 1. The summed E-state index contributed by atoms with van der Waals surface area (Å²) in [5, 5.41) is 9.49. The van der Waals surface area contributed by atoms with Crippen LogP contribution >= 0.6 is 23.2 Å². The molecule has 1 atom stereocenters. The highest BCUT2D eigenvalue weighted by atomic mass is 35.5. The molecule has 0 fully saturated rings. The van der Waals surface area contributed by atoms with Crippen LogP contribution in [0.3, 0.4) is 0 Å². The zero-order valence-electron chi connectivity index (χ0n) is 15.1. The third kappa shape index (κ3) is 3.13. The van der Waals surface area contributed by atoms with Gasteiger partial charge in [-0.05, 0) is 71.9 Å². The Balaban J connectivity index is 1.63. The Labute approximate surface area is 173 Å². The van der Waals surface area contributed by atoms with Crippen LogP contribution in [0.4, 0.5) is 5.95 Å². The molecule has 2 aromatic carbocycles. The lowest BCUT2D eigenvalue weighted by Gasteiger charge is -2.34. The van der Waals surface area contributed by atoms with Crippen LogP contribution in [0.1, 0.15) is 36.4 Å². The number of nitrogens with zero attached hydrogens (tertiary/aromatic N) is 3. The summed E-state index contributed by atoms with van der Waals surface area (Å²) in [6, 6.07) is 16.0. The van der Waals surface area contributed by atoms with Gasteiger partial charge in [-0.2, -0.15) is 10.1 Å². The molecule has 0 unspecified atom stereocenters. The molecule has 0 amide bonds. The molecule has 1 N–H and O–H groups in total. The van der Waals surface area contributed by atoms with Crippen LogP contribution < -0.4 is 5.32 Å². The summed E-state index contributed by atoms with van der Waals surface area (Å²) < 4.78 is 1.97. The van der Waals surface area contributed by atoms with E-state index in [2.05, 4.69) is 33.6 Å². The van der Waals surface area contributed by atoms with Gasteiger partial charge in [-0.25, -0.2) is 4.68 Å². The Kier molecular flexibility index (Phi) is 4.46. The van der Waals surface area contributed by atoms with Crippen LogP contribution in [0.15, 0.2) is 71.7 Å². The van der Waals surface area contributed by atoms with Crippen molar-refractivity contribution in [3.63, 3.8) is 0 Å². The van der Waals surface area contributed by atoms with Gasteiger partial charge in [0.15, 0.2) is 0 Å². The highest BCUT2D eigenvalue weighted by Gasteiger charge is 2.33. The number of fused-ring (bicyclic) bond motifs is 1. The van der Waals surface area contributed by atoms with Gasteiger partial charge >= 0.3 is 0 Å². The zero-order chi connectivity index (χ0) is 19.1. The normalized spacial score (nSPS) is 19.9. The number of hydrogen-bond acceptors (Lipinski definition) is 3. The number of halogens is 2. The van der Waals surface area contributed by atoms with E-state index in [9.17, 15) is 0 Å². The van der Waals surface area contributed by atoms with Gasteiger partial charge in [0, 0.05) is 15.7 Å². The number of allylic oxidation sites excluding steroid dienone is 2. The zero-order valence-corrected chi connectivity index (χ0v) is 16.6. The van der Waals surface area contributed by atoms with Crippen molar-refractivity contribution in [3.05, 3.63) is 92.9 Å². The van der Waals surface area contributed by atoms with E-state index in [-0.39, 0.29) is 6.04 Å². The van der Waals surface area contributed by atoms with E-state index >= 15 is 0 Å². The molecule has 5 rings (SSSR count). The molecule has 1 aliphatic carbocycles. The summed E-state index contributed by atoms with van der Waals surface area (Å²) in [4.78, 5) is 4.43. The van der Waals surface area contributed by atoms with Gasteiger partial charge in [-0.1, -0.05) is 47.5 Å². The van der Waals surface area contributed by atoms with Gasteiger partial charge in [-0.3, -0.25) is 0 Å². The lowest BCUT2D eigenvalue weighted by molar-refractivity contribution is 0.538. The quantitative estimate of drug-likeness (QED) is 0.554. The van der Waals surface area contributed by atoms with Gasteiger partial charge in [0.05, 0.1) is 0 Å². The molecule has 4 nitrogen and oxygen atoms in total. The summed E-state index contributed by atoms with van der Waals surface area (Å²) in [5.74, 6) is 0.766. The molecule has 140 valence electrons. The van der Waals surface area contributed by atoms with E-state index in [1.807, 2.05) is 41.1 Å². The maximum Gasteiger partial charge on any atom is 0.226 e. The fraction of sp³-hybridized carbons (Fsp3) is 0.182. The van der Waals surface area contributed by atoms with Crippen LogP contribution in [0.5, 0.6) is 0 Å². The number of rotatable bonds is 2. The minimum absolute atomic E-state index is 0.0277. The summed E-state index contributed by atoms with van der Waals surface area (Å²) in [7, 11) is 0. The summed E-state index contributed by atoms with van der Waals surface area (Å²) in [6.45, 7) is 0. The highest BCUT2D eigenvalue weighted by Crippen LogP contribution is 2.43. The van der Waals surface area contributed by atoms with Crippen molar-refractivity contribution in [1.82, 2.24) is 14.8 Å². The van der Waals surface area contributed by atoms with Crippen LogP contribution in [0.2, 0.25) is 10.0 Å². The first-order chi connectivity index (χ1) is 13.7. The highest BCUT2D eigenvalue weighted by molar-refractivity contribution is 6.30. The smallest absolute Gasteiger partial charge is 0.226 e. The van der Waals surface area contributed by atoms with Gasteiger partial charge in [0.25, 0.3) is 0 Å². The summed E-state index contributed by atoms with van der Waals surface area (Å²) in [6.07, 6.45) is 6.99. The van der Waals surface area contributed by atoms with Crippen molar-refractivity contribution in [3.8, 4) is 0 Å². The van der Waals surface area contributed by atoms with Crippen molar-refractivity contribution in [2.45, 2.75) is 25.3 Å². The number of benzene rings is 2. The standard InChI is InChI=1S/C22H18Cl2N4/c23-17-8-4-14(5-9-17)12-16-2-1-3-19-20(16)27-22-25-13-26-28(22)21(19)15-6-10-18(24)11-7-15/h4-13,21H,1-3H2,(H,25,26,27)/b16-12+/t21-/m1/s1. The van der Waals surface area contributed by atoms with Crippen LogP contribution in [0, 0.1) is 0 Å². The minimum atomic E-state index is 0.0277. The lowest BCUT2D eigenvalue weighted by Crippen LogP contribution is -2.28. The second kappa shape index (κ2) is 7.12. The Morgan fingerprint density at radius 2 is 1.68 bits per heavy atom. The van der Waals surface area contributed by atoms with Gasteiger partial charge < -0.3 is 5.32 Å². The van der Waals surface area contributed by atoms with E-state index in [0.29, 0.717) is 0 Å². The molecule has 0 bridgehead atoms. The minimum Gasteiger partial charge on any atom is -0.324 e. The SMILES string of the molecule is Clc1ccc(/C=C2\CCCC3=C2Nc2ncnn2[C@@H]3c2ccc(Cl)cc2)cc1. The van der Waals surface area contributed by atoms with Crippen LogP contribution in [-0.4, -0.2) is 14.8 Å². The molecule has 0 spiro atoms. The average molecular weight is 409 g/mol. The molecular formula is C22H18Cl2N4. The van der Waals surface area contributed by atoms with E-state index < -0.39 is 0 Å². The van der Waals surface area contributed by atoms with Gasteiger partial charge in [0.2, 0.25) is 5.95 Å². The summed E-state index contributed by atoms with van der Waals surface area (Å²) in [5.41, 5.74) is 6.10. The predicted octanol–water partition coefficient (Wildman–Crippen LogP) is 6.12. The fourth-order valence-corrected chi connectivity index (χ4v) is 4.29. The predicted molar refractivity (Wildman–Crippen MR) is 114 cm³/mol. The molecule has 0 saturated carbocycles. The third-order valence-corrected chi connectivity index (χ3v) is 5.82. The molecule has 2 heterocycles. The second-order valence-electron chi connectivity index (χ2n) is 7.08. The first-order valence-corrected chi connectivity index (χ1v) is 10.1.